The van der Waals surface area contributed by atoms with Crippen LogP contribution in [-0.4, -0.2) is 24.5 Å². The smallest absolute Gasteiger partial charge is 0.250 e. The molecule has 3 rings (SSSR count). The molecule has 0 spiro atoms. The second-order valence-electron chi connectivity index (χ2n) is 8.48. The van der Waals surface area contributed by atoms with E-state index < -0.39 is 18.1 Å². The number of nitriles is 1. The number of amides is 2. The van der Waals surface area contributed by atoms with Crippen LogP contribution in [0.5, 0.6) is 0 Å². The Balaban J connectivity index is 1.90. The van der Waals surface area contributed by atoms with Gasteiger partial charge < -0.3 is 15.8 Å². The number of benzene rings is 3. The Morgan fingerprint density at radius 2 is 1.47 bits per heavy atom. The summed E-state index contributed by atoms with van der Waals surface area (Å²) in [7, 11) is 0. The van der Waals surface area contributed by atoms with Crippen LogP contribution in [-0.2, 0) is 9.53 Å². The maximum Gasteiger partial charge on any atom is 0.250 e. The van der Waals surface area contributed by atoms with E-state index in [2.05, 4.69) is 5.32 Å². The van der Waals surface area contributed by atoms with E-state index in [1.807, 2.05) is 86.6 Å². The molecule has 0 saturated heterocycles. The molecule has 0 aliphatic carbocycles. The summed E-state index contributed by atoms with van der Waals surface area (Å²) in [5.41, 5.74) is 9.58. The number of primary amides is 1. The Kier molecular flexibility index (Phi) is 8.55. The van der Waals surface area contributed by atoms with Gasteiger partial charge in [0.05, 0.1) is 6.07 Å². The molecule has 6 heteroatoms. The second-order valence-corrected chi connectivity index (χ2v) is 8.48. The van der Waals surface area contributed by atoms with Crippen molar-refractivity contribution in [3.05, 3.63) is 95.6 Å². The van der Waals surface area contributed by atoms with Gasteiger partial charge >= 0.3 is 0 Å². The van der Waals surface area contributed by atoms with Crippen LogP contribution < -0.4 is 11.1 Å². The summed E-state index contributed by atoms with van der Waals surface area (Å²) in [5.74, 6) is -0.512. The molecule has 34 heavy (non-hydrogen) atoms. The lowest BCUT2D eigenvalue weighted by atomic mass is 9.97. The van der Waals surface area contributed by atoms with Crippen molar-refractivity contribution in [2.45, 2.75) is 32.5 Å². The van der Waals surface area contributed by atoms with Crippen LogP contribution >= 0.6 is 0 Å². The number of hydrogen-bond acceptors (Lipinski definition) is 4. The maximum atomic E-state index is 12.7. The molecule has 0 heterocycles. The third kappa shape index (κ3) is 6.53. The topological polar surface area (TPSA) is 105 Å². The van der Waals surface area contributed by atoms with Gasteiger partial charge in [-0.05, 0) is 46.7 Å². The number of nitrogens with one attached hydrogen (secondary N) is 1. The summed E-state index contributed by atoms with van der Waals surface area (Å²) < 4.78 is 6.41. The van der Waals surface area contributed by atoms with Gasteiger partial charge in [0.1, 0.15) is 18.8 Å². The summed E-state index contributed by atoms with van der Waals surface area (Å²) in [4.78, 5) is 24.1. The van der Waals surface area contributed by atoms with Crippen molar-refractivity contribution in [1.29, 1.82) is 5.26 Å². The van der Waals surface area contributed by atoms with Gasteiger partial charge in [-0.3, -0.25) is 9.59 Å². The van der Waals surface area contributed by atoms with E-state index >= 15 is 0 Å². The summed E-state index contributed by atoms with van der Waals surface area (Å²) in [6.07, 6.45) is -0.617. The van der Waals surface area contributed by atoms with Crippen LogP contribution in [0.25, 0.3) is 11.1 Å². The number of nitrogens with two attached hydrogens (primary N) is 1. The van der Waals surface area contributed by atoms with Crippen LogP contribution in [0.1, 0.15) is 47.9 Å². The van der Waals surface area contributed by atoms with Crippen LogP contribution in [0.15, 0.2) is 78.9 Å². The van der Waals surface area contributed by atoms with Gasteiger partial charge in [0.15, 0.2) is 0 Å². The molecule has 2 amide bonds. The quantitative estimate of drug-likeness (QED) is 0.435. The lowest BCUT2D eigenvalue weighted by Gasteiger charge is -2.26. The molecular weight excluding hydrogens is 426 g/mol. The van der Waals surface area contributed by atoms with E-state index in [9.17, 15) is 9.59 Å². The number of nitrogens with zero attached hydrogens (tertiary/aromatic N) is 1. The normalized spacial score (nSPS) is 12.5. The fraction of sp³-hybridized carbons (Fsp3) is 0.250. The van der Waals surface area contributed by atoms with E-state index in [4.69, 9.17) is 15.7 Å². The van der Waals surface area contributed by atoms with Crippen LogP contribution in [0, 0.1) is 17.2 Å². The molecule has 2 atom stereocenters. The number of rotatable bonds is 10. The SMILES string of the molecule is CC(C)C[C@H](OC(c1ccccc1)c1ccc(-c2ccc(C(N)=O)cc2)cc1)C(=O)NCC#N. The van der Waals surface area contributed by atoms with Gasteiger partial charge in [-0.1, -0.05) is 80.6 Å². The van der Waals surface area contributed by atoms with E-state index in [0.29, 0.717) is 12.0 Å². The monoisotopic (exact) mass is 455 g/mol. The molecule has 0 aliphatic heterocycles. The third-order valence-electron chi connectivity index (χ3n) is 5.44. The average molecular weight is 456 g/mol. The van der Waals surface area contributed by atoms with E-state index in [1.54, 1.807) is 12.1 Å². The van der Waals surface area contributed by atoms with Gasteiger partial charge in [0.25, 0.3) is 0 Å². The Morgan fingerprint density at radius 1 is 0.912 bits per heavy atom. The van der Waals surface area contributed by atoms with Crippen LogP contribution in [0.3, 0.4) is 0 Å². The molecule has 174 valence electrons. The van der Waals surface area contributed by atoms with Gasteiger partial charge in [-0.25, -0.2) is 0 Å². The third-order valence-corrected chi connectivity index (χ3v) is 5.44. The molecule has 3 aromatic rings. The number of ether oxygens (including phenoxy) is 1. The highest BCUT2D eigenvalue weighted by Crippen LogP contribution is 2.31. The zero-order valence-corrected chi connectivity index (χ0v) is 19.4. The molecule has 0 aromatic heterocycles. The average Bonchev–Trinajstić information content (AvgIpc) is 2.85. The Labute approximate surface area is 200 Å². The number of hydrogen-bond donors (Lipinski definition) is 2. The summed E-state index contributed by atoms with van der Waals surface area (Å²) >= 11 is 0. The van der Waals surface area contributed by atoms with Crippen molar-refractivity contribution in [3.63, 3.8) is 0 Å². The van der Waals surface area contributed by atoms with Crippen molar-refractivity contribution in [2.24, 2.45) is 11.7 Å². The first-order valence-electron chi connectivity index (χ1n) is 11.2. The zero-order chi connectivity index (χ0) is 24.5. The lowest BCUT2D eigenvalue weighted by Crippen LogP contribution is -2.38. The van der Waals surface area contributed by atoms with Crippen LogP contribution in [0.4, 0.5) is 0 Å². The van der Waals surface area contributed by atoms with Crippen LogP contribution in [0.2, 0.25) is 0 Å². The first kappa shape index (κ1) is 24.7. The lowest BCUT2D eigenvalue weighted by molar-refractivity contribution is -0.136. The number of carbonyl (C=O) groups excluding carboxylic acids is 2. The highest BCUT2D eigenvalue weighted by Gasteiger charge is 2.26. The minimum absolute atomic E-state index is 0.0595. The van der Waals surface area contributed by atoms with Gasteiger partial charge in [-0.2, -0.15) is 5.26 Å². The zero-order valence-electron chi connectivity index (χ0n) is 19.4. The molecule has 0 aliphatic rings. The summed E-state index contributed by atoms with van der Waals surface area (Å²) in [5, 5.41) is 11.5. The van der Waals surface area contributed by atoms with E-state index in [1.165, 1.54) is 0 Å². The van der Waals surface area contributed by atoms with Gasteiger partial charge in [-0.15, -0.1) is 0 Å². The standard InChI is InChI=1S/C28H29N3O3/c1-19(2)18-25(28(33)31-17-16-29)34-26(22-6-4-3-5-7-22)23-12-8-20(9-13-23)21-10-14-24(15-11-21)27(30)32/h3-15,19,25-26H,17-18H2,1-2H3,(H2,30,32)(H,31,33)/t25-,26?/m0/s1. The van der Waals surface area contributed by atoms with Crippen molar-refractivity contribution in [3.8, 4) is 17.2 Å². The molecule has 3 aromatic carbocycles. The molecule has 0 fully saturated rings. The Hall–Kier alpha value is -3.95. The highest BCUT2D eigenvalue weighted by atomic mass is 16.5. The number of carbonyl (C=O) groups is 2. The van der Waals surface area contributed by atoms with Crippen molar-refractivity contribution in [1.82, 2.24) is 5.32 Å². The van der Waals surface area contributed by atoms with E-state index in [0.717, 1.165) is 22.3 Å². The fourth-order valence-electron chi connectivity index (χ4n) is 3.71. The van der Waals surface area contributed by atoms with Crippen molar-refractivity contribution >= 4 is 11.8 Å². The van der Waals surface area contributed by atoms with Crippen molar-refractivity contribution in [2.75, 3.05) is 6.54 Å². The maximum absolute atomic E-state index is 12.7. The Bertz CT molecular complexity index is 1130. The van der Waals surface area contributed by atoms with Gasteiger partial charge in [0, 0.05) is 5.56 Å². The van der Waals surface area contributed by atoms with Gasteiger partial charge in [0.2, 0.25) is 11.8 Å². The van der Waals surface area contributed by atoms with E-state index in [-0.39, 0.29) is 18.4 Å². The minimum atomic E-state index is -0.695. The van der Waals surface area contributed by atoms with Crippen molar-refractivity contribution < 1.29 is 14.3 Å². The highest BCUT2D eigenvalue weighted by molar-refractivity contribution is 5.93. The summed E-state index contributed by atoms with van der Waals surface area (Å²) in [6, 6.07) is 26.8. The predicted octanol–water partition coefficient (Wildman–Crippen LogP) is 4.61. The molecule has 1 unspecified atom stereocenters. The Morgan fingerprint density at radius 3 is 2.00 bits per heavy atom. The molecule has 0 saturated carbocycles. The largest absolute Gasteiger partial charge is 0.366 e. The molecule has 0 radical (unpaired) electrons. The first-order chi connectivity index (χ1) is 16.4. The molecule has 6 nitrogen and oxygen atoms in total. The minimum Gasteiger partial charge on any atom is -0.366 e. The second kappa shape index (κ2) is 11.8. The molecule has 3 N–H and O–H groups in total. The molecule has 0 bridgehead atoms. The predicted molar refractivity (Wildman–Crippen MR) is 132 cm³/mol. The first-order valence-corrected chi connectivity index (χ1v) is 11.2. The summed E-state index contributed by atoms with van der Waals surface area (Å²) in [6.45, 7) is 4.00. The molecular formula is C28H29N3O3. The fourth-order valence-corrected chi connectivity index (χ4v) is 3.71.